The molecule has 6 heteroatoms. The SMILES string of the molecule is O=C(/C=C/c1cn(-c2ccccc2)nc1-c1ccc(F)cc1)NCc1ccccn1. The van der Waals surface area contributed by atoms with Crippen LogP contribution in [0.1, 0.15) is 11.3 Å². The smallest absolute Gasteiger partial charge is 0.244 e. The minimum absolute atomic E-state index is 0.238. The second-order valence-corrected chi connectivity index (χ2v) is 6.59. The zero-order valence-corrected chi connectivity index (χ0v) is 16.1. The third kappa shape index (κ3) is 4.67. The monoisotopic (exact) mass is 398 g/mol. The van der Waals surface area contributed by atoms with Gasteiger partial charge in [-0.2, -0.15) is 5.10 Å². The molecule has 0 radical (unpaired) electrons. The number of nitrogens with one attached hydrogen (secondary N) is 1. The number of carbonyl (C=O) groups is 1. The molecule has 4 aromatic rings. The molecule has 30 heavy (non-hydrogen) atoms. The molecular formula is C24H19FN4O. The predicted octanol–water partition coefficient (Wildman–Crippen LogP) is 4.40. The van der Waals surface area contributed by atoms with Crippen molar-refractivity contribution in [3.8, 4) is 16.9 Å². The summed E-state index contributed by atoms with van der Waals surface area (Å²) >= 11 is 0. The van der Waals surface area contributed by atoms with Gasteiger partial charge in [-0.15, -0.1) is 0 Å². The second kappa shape index (κ2) is 8.96. The van der Waals surface area contributed by atoms with E-state index >= 15 is 0 Å². The molecule has 0 unspecified atom stereocenters. The third-order valence-corrected chi connectivity index (χ3v) is 4.47. The van der Waals surface area contributed by atoms with Crippen molar-refractivity contribution in [2.45, 2.75) is 6.54 Å². The highest BCUT2D eigenvalue weighted by molar-refractivity contribution is 5.92. The summed E-state index contributed by atoms with van der Waals surface area (Å²) in [7, 11) is 0. The van der Waals surface area contributed by atoms with Gasteiger partial charge >= 0.3 is 0 Å². The highest BCUT2D eigenvalue weighted by Crippen LogP contribution is 2.25. The summed E-state index contributed by atoms with van der Waals surface area (Å²) in [6, 6.07) is 21.3. The maximum atomic E-state index is 13.4. The Morgan fingerprint density at radius 1 is 1.00 bits per heavy atom. The average Bonchev–Trinajstić information content (AvgIpc) is 3.22. The number of benzene rings is 2. The Morgan fingerprint density at radius 3 is 2.50 bits per heavy atom. The zero-order valence-electron chi connectivity index (χ0n) is 16.1. The molecule has 0 aliphatic rings. The number of rotatable bonds is 6. The van der Waals surface area contributed by atoms with E-state index in [2.05, 4.69) is 15.4 Å². The van der Waals surface area contributed by atoms with Crippen molar-refractivity contribution in [1.82, 2.24) is 20.1 Å². The summed E-state index contributed by atoms with van der Waals surface area (Å²) in [4.78, 5) is 16.4. The van der Waals surface area contributed by atoms with Gasteiger partial charge in [-0.1, -0.05) is 24.3 Å². The van der Waals surface area contributed by atoms with Crippen LogP contribution < -0.4 is 5.32 Å². The van der Waals surface area contributed by atoms with Crippen LogP contribution in [0, 0.1) is 5.82 Å². The summed E-state index contributed by atoms with van der Waals surface area (Å²) in [6.45, 7) is 0.345. The van der Waals surface area contributed by atoms with Gasteiger partial charge in [0.1, 0.15) is 5.82 Å². The fraction of sp³-hybridized carbons (Fsp3) is 0.0417. The van der Waals surface area contributed by atoms with Crippen LogP contribution in [0.4, 0.5) is 4.39 Å². The van der Waals surface area contributed by atoms with Crippen LogP contribution in [0.2, 0.25) is 0 Å². The highest BCUT2D eigenvalue weighted by atomic mass is 19.1. The minimum atomic E-state index is -0.313. The van der Waals surface area contributed by atoms with Crippen LogP contribution >= 0.6 is 0 Å². The molecule has 0 aliphatic heterocycles. The van der Waals surface area contributed by atoms with E-state index in [0.717, 1.165) is 22.5 Å². The Morgan fingerprint density at radius 2 is 1.77 bits per heavy atom. The lowest BCUT2D eigenvalue weighted by atomic mass is 10.1. The second-order valence-electron chi connectivity index (χ2n) is 6.59. The van der Waals surface area contributed by atoms with Crippen LogP contribution in [0.25, 0.3) is 23.0 Å². The van der Waals surface area contributed by atoms with E-state index in [0.29, 0.717) is 12.2 Å². The van der Waals surface area contributed by atoms with Crippen LogP contribution in [-0.4, -0.2) is 20.7 Å². The molecule has 2 heterocycles. The molecule has 2 aromatic carbocycles. The van der Waals surface area contributed by atoms with E-state index in [9.17, 15) is 9.18 Å². The van der Waals surface area contributed by atoms with Gasteiger partial charge in [0.05, 0.1) is 23.6 Å². The number of amides is 1. The number of aromatic nitrogens is 3. The molecule has 4 rings (SSSR count). The quantitative estimate of drug-likeness (QED) is 0.490. The largest absolute Gasteiger partial charge is 0.347 e. The Kier molecular flexibility index (Phi) is 5.75. The summed E-state index contributed by atoms with van der Waals surface area (Å²) in [5, 5.41) is 7.46. The fourth-order valence-electron chi connectivity index (χ4n) is 2.96. The van der Waals surface area contributed by atoms with E-state index in [4.69, 9.17) is 0 Å². The van der Waals surface area contributed by atoms with E-state index in [1.807, 2.05) is 54.7 Å². The molecule has 1 N–H and O–H groups in total. The van der Waals surface area contributed by atoms with Gasteiger partial charge in [0.2, 0.25) is 5.91 Å². The van der Waals surface area contributed by atoms with Gasteiger partial charge in [0, 0.05) is 29.6 Å². The number of nitrogens with zero attached hydrogens (tertiary/aromatic N) is 3. The number of para-hydroxylation sites is 1. The molecule has 0 saturated carbocycles. The standard InChI is InChI=1S/C24H19FN4O/c25-20-12-9-18(10-13-20)24-19(17-29(28-24)22-7-2-1-3-8-22)11-14-23(30)27-16-21-6-4-5-15-26-21/h1-15,17H,16H2,(H,27,30)/b14-11+. The summed E-state index contributed by atoms with van der Waals surface area (Å²) in [6.07, 6.45) is 6.70. The van der Waals surface area contributed by atoms with Crippen LogP contribution in [0.15, 0.2) is 91.3 Å². The maximum absolute atomic E-state index is 13.4. The molecule has 0 fully saturated rings. The van der Waals surface area contributed by atoms with Crippen molar-refractivity contribution in [3.05, 3.63) is 108 Å². The van der Waals surface area contributed by atoms with Gasteiger partial charge in [0.25, 0.3) is 0 Å². The van der Waals surface area contributed by atoms with E-state index in [1.54, 1.807) is 29.1 Å². The highest BCUT2D eigenvalue weighted by Gasteiger charge is 2.11. The van der Waals surface area contributed by atoms with Crippen molar-refractivity contribution in [3.63, 3.8) is 0 Å². The van der Waals surface area contributed by atoms with Crippen molar-refractivity contribution >= 4 is 12.0 Å². The molecule has 0 atom stereocenters. The van der Waals surface area contributed by atoms with E-state index in [1.165, 1.54) is 18.2 Å². The van der Waals surface area contributed by atoms with Gasteiger partial charge in [-0.05, 0) is 54.6 Å². The van der Waals surface area contributed by atoms with Gasteiger partial charge in [0.15, 0.2) is 0 Å². The van der Waals surface area contributed by atoms with Gasteiger partial charge in [-0.3, -0.25) is 9.78 Å². The Balaban J connectivity index is 1.59. The first-order valence-corrected chi connectivity index (χ1v) is 9.46. The lowest BCUT2D eigenvalue weighted by molar-refractivity contribution is -0.116. The molecule has 2 aromatic heterocycles. The molecule has 0 saturated heterocycles. The van der Waals surface area contributed by atoms with Gasteiger partial charge in [-0.25, -0.2) is 9.07 Å². The number of carbonyl (C=O) groups excluding carboxylic acids is 1. The molecule has 148 valence electrons. The number of pyridine rings is 1. The Hall–Kier alpha value is -4.06. The number of hydrogen-bond acceptors (Lipinski definition) is 3. The maximum Gasteiger partial charge on any atom is 0.244 e. The van der Waals surface area contributed by atoms with Crippen molar-refractivity contribution in [2.24, 2.45) is 0 Å². The lowest BCUT2D eigenvalue weighted by Gasteiger charge is -2.01. The first-order valence-electron chi connectivity index (χ1n) is 9.46. The lowest BCUT2D eigenvalue weighted by Crippen LogP contribution is -2.20. The average molecular weight is 398 g/mol. The number of halogens is 1. The van der Waals surface area contributed by atoms with Crippen molar-refractivity contribution in [1.29, 1.82) is 0 Å². The first kappa shape index (κ1) is 19.3. The van der Waals surface area contributed by atoms with Crippen LogP contribution in [-0.2, 0) is 11.3 Å². The number of hydrogen-bond donors (Lipinski definition) is 1. The van der Waals surface area contributed by atoms with Crippen LogP contribution in [0.3, 0.4) is 0 Å². The molecule has 0 aliphatic carbocycles. The summed E-state index contributed by atoms with van der Waals surface area (Å²) in [5.74, 6) is -0.551. The molecule has 1 amide bonds. The van der Waals surface area contributed by atoms with Crippen molar-refractivity contribution < 1.29 is 9.18 Å². The third-order valence-electron chi connectivity index (χ3n) is 4.47. The normalized spacial score (nSPS) is 11.0. The Labute approximate surface area is 173 Å². The minimum Gasteiger partial charge on any atom is -0.347 e. The molecule has 0 spiro atoms. The predicted molar refractivity (Wildman–Crippen MR) is 114 cm³/mol. The Bertz CT molecular complexity index is 1150. The summed E-state index contributed by atoms with van der Waals surface area (Å²) in [5.41, 5.74) is 3.84. The van der Waals surface area contributed by atoms with Crippen molar-refractivity contribution in [2.75, 3.05) is 0 Å². The molecule has 5 nitrogen and oxygen atoms in total. The zero-order chi connectivity index (χ0) is 20.8. The summed E-state index contributed by atoms with van der Waals surface area (Å²) < 4.78 is 15.1. The molecule has 0 bridgehead atoms. The van der Waals surface area contributed by atoms with Gasteiger partial charge < -0.3 is 5.32 Å². The topological polar surface area (TPSA) is 59.8 Å². The first-order chi connectivity index (χ1) is 14.7. The van der Waals surface area contributed by atoms with E-state index in [-0.39, 0.29) is 11.7 Å². The fourth-order valence-corrected chi connectivity index (χ4v) is 2.96. The van der Waals surface area contributed by atoms with E-state index < -0.39 is 0 Å². The van der Waals surface area contributed by atoms with Crippen LogP contribution in [0.5, 0.6) is 0 Å². The molecular weight excluding hydrogens is 379 g/mol.